The number of nitrogens with zero attached hydrogens (tertiary/aromatic N) is 2. The van der Waals surface area contributed by atoms with Crippen LogP contribution in [0.3, 0.4) is 0 Å². The van der Waals surface area contributed by atoms with E-state index in [4.69, 9.17) is 0 Å². The molecular formula is C22H21FN4O3. The van der Waals surface area contributed by atoms with Crippen molar-refractivity contribution in [2.24, 2.45) is 5.10 Å². The predicted molar refractivity (Wildman–Crippen MR) is 111 cm³/mol. The first-order chi connectivity index (χ1) is 14.5. The molecule has 154 valence electrons. The lowest BCUT2D eigenvalue weighted by Crippen LogP contribution is -2.36. The van der Waals surface area contributed by atoms with Gasteiger partial charge < -0.3 is 10.6 Å². The zero-order valence-electron chi connectivity index (χ0n) is 16.2. The number of amides is 3. The van der Waals surface area contributed by atoms with Gasteiger partial charge in [-0.25, -0.2) is 9.40 Å². The molecule has 0 radical (unpaired) electrons. The lowest BCUT2D eigenvalue weighted by atomic mass is 10.1. The first-order valence-corrected chi connectivity index (χ1v) is 9.39. The van der Waals surface area contributed by atoms with Crippen molar-refractivity contribution in [3.8, 4) is 0 Å². The highest BCUT2D eigenvalue weighted by Crippen LogP contribution is 2.18. The number of para-hydroxylation sites is 1. The van der Waals surface area contributed by atoms with Crippen molar-refractivity contribution in [3.63, 3.8) is 0 Å². The quantitative estimate of drug-likeness (QED) is 0.690. The van der Waals surface area contributed by atoms with Crippen LogP contribution in [0, 0.1) is 5.82 Å². The molecule has 0 atom stereocenters. The Morgan fingerprint density at radius 1 is 1.10 bits per heavy atom. The number of halogens is 1. The van der Waals surface area contributed by atoms with Gasteiger partial charge in [-0.3, -0.25) is 14.4 Å². The van der Waals surface area contributed by atoms with Crippen molar-refractivity contribution >= 4 is 29.1 Å². The average molecular weight is 408 g/mol. The maximum absolute atomic E-state index is 13.1. The highest BCUT2D eigenvalue weighted by Gasteiger charge is 2.25. The van der Waals surface area contributed by atoms with E-state index in [2.05, 4.69) is 22.3 Å². The lowest BCUT2D eigenvalue weighted by molar-refractivity contribution is -0.132. The lowest BCUT2D eigenvalue weighted by Gasteiger charge is -2.23. The molecule has 3 rings (SSSR count). The minimum absolute atomic E-state index is 0.134. The fourth-order valence-electron chi connectivity index (χ4n) is 2.90. The van der Waals surface area contributed by atoms with Crippen molar-refractivity contribution in [2.45, 2.75) is 19.4 Å². The van der Waals surface area contributed by atoms with E-state index in [1.54, 1.807) is 42.5 Å². The van der Waals surface area contributed by atoms with E-state index < -0.39 is 5.91 Å². The molecule has 0 aliphatic carbocycles. The van der Waals surface area contributed by atoms with Crippen molar-refractivity contribution in [1.82, 2.24) is 10.3 Å². The van der Waals surface area contributed by atoms with E-state index in [1.807, 2.05) is 0 Å². The molecule has 2 aromatic carbocycles. The molecule has 1 aliphatic rings. The number of hydrazone groups is 1. The molecule has 0 saturated heterocycles. The molecule has 2 N–H and O–H groups in total. The van der Waals surface area contributed by atoms with Gasteiger partial charge in [0.2, 0.25) is 5.91 Å². The fraction of sp³-hybridized carbons (Fsp3) is 0.182. The number of hydrogen-bond donors (Lipinski definition) is 2. The molecule has 30 heavy (non-hydrogen) atoms. The zero-order valence-corrected chi connectivity index (χ0v) is 16.2. The number of carbonyl (C=O) groups is 3. The van der Waals surface area contributed by atoms with Crippen molar-refractivity contribution in [3.05, 3.63) is 78.1 Å². The SMILES string of the molecule is C=CCNC(=O)c1ccccc1NC(=O)C1=NN(Cc2ccc(F)cc2)C(=O)CC1. The maximum atomic E-state index is 13.1. The van der Waals surface area contributed by atoms with Crippen LogP contribution in [-0.4, -0.2) is 35.0 Å². The Labute approximate surface area is 173 Å². The van der Waals surface area contributed by atoms with E-state index in [9.17, 15) is 18.8 Å². The second kappa shape index (κ2) is 9.60. The van der Waals surface area contributed by atoms with E-state index in [0.29, 0.717) is 23.4 Å². The molecule has 0 bridgehead atoms. The third-order valence-corrected chi connectivity index (χ3v) is 4.44. The summed E-state index contributed by atoms with van der Waals surface area (Å²) in [4.78, 5) is 37.2. The Bertz CT molecular complexity index is 1000. The standard InChI is InChI=1S/C22H21FN4O3/c1-2-13-24-21(29)17-5-3-4-6-18(17)25-22(30)19-11-12-20(28)27(26-19)14-15-7-9-16(23)10-8-15/h2-10H,1,11-14H2,(H,24,29)(H,25,30). The third kappa shape index (κ3) is 5.16. The molecule has 1 aliphatic heterocycles. The van der Waals surface area contributed by atoms with Crippen LogP contribution < -0.4 is 10.6 Å². The van der Waals surface area contributed by atoms with Crippen LogP contribution in [0.25, 0.3) is 0 Å². The second-order valence-corrected chi connectivity index (χ2v) is 6.62. The summed E-state index contributed by atoms with van der Waals surface area (Å²) in [6.45, 7) is 3.99. The number of hydrogen-bond acceptors (Lipinski definition) is 4. The van der Waals surface area contributed by atoms with Crippen LogP contribution >= 0.6 is 0 Å². The van der Waals surface area contributed by atoms with Crippen molar-refractivity contribution in [1.29, 1.82) is 0 Å². The maximum Gasteiger partial charge on any atom is 0.271 e. The topological polar surface area (TPSA) is 90.9 Å². The molecule has 0 unspecified atom stereocenters. The first kappa shape index (κ1) is 20.9. The number of nitrogens with one attached hydrogen (secondary N) is 2. The minimum atomic E-state index is -0.490. The summed E-state index contributed by atoms with van der Waals surface area (Å²) in [5.41, 5.74) is 1.52. The molecule has 0 fully saturated rings. The Balaban J connectivity index is 1.75. The van der Waals surface area contributed by atoms with Crippen molar-refractivity contribution < 1.29 is 18.8 Å². The minimum Gasteiger partial charge on any atom is -0.349 e. The van der Waals surface area contributed by atoms with Crippen molar-refractivity contribution in [2.75, 3.05) is 11.9 Å². The Morgan fingerprint density at radius 2 is 1.83 bits per heavy atom. The van der Waals surface area contributed by atoms with Gasteiger partial charge in [0, 0.05) is 19.4 Å². The molecule has 8 heteroatoms. The van der Waals surface area contributed by atoms with Gasteiger partial charge in [-0.2, -0.15) is 5.10 Å². The smallest absolute Gasteiger partial charge is 0.271 e. The molecule has 7 nitrogen and oxygen atoms in total. The highest BCUT2D eigenvalue weighted by atomic mass is 19.1. The van der Waals surface area contributed by atoms with E-state index in [0.717, 1.165) is 0 Å². The summed E-state index contributed by atoms with van der Waals surface area (Å²) in [5, 5.41) is 10.8. The van der Waals surface area contributed by atoms with Crippen LogP contribution in [0.5, 0.6) is 0 Å². The number of anilines is 1. The van der Waals surface area contributed by atoms with Gasteiger partial charge in [0.05, 0.1) is 17.8 Å². The number of rotatable bonds is 7. The Morgan fingerprint density at radius 3 is 2.57 bits per heavy atom. The Hall–Kier alpha value is -3.81. The van der Waals surface area contributed by atoms with E-state index in [1.165, 1.54) is 17.1 Å². The fourth-order valence-corrected chi connectivity index (χ4v) is 2.90. The average Bonchev–Trinajstić information content (AvgIpc) is 2.75. The molecule has 0 saturated carbocycles. The summed E-state index contributed by atoms with van der Waals surface area (Å²) in [6, 6.07) is 12.3. The second-order valence-electron chi connectivity index (χ2n) is 6.62. The van der Waals surface area contributed by atoms with Gasteiger partial charge >= 0.3 is 0 Å². The van der Waals surface area contributed by atoms with Gasteiger partial charge in [0.15, 0.2) is 0 Å². The Kier molecular flexibility index (Phi) is 6.69. The van der Waals surface area contributed by atoms with Crippen LogP contribution in [0.4, 0.5) is 10.1 Å². The summed E-state index contributed by atoms with van der Waals surface area (Å²) in [7, 11) is 0. The summed E-state index contributed by atoms with van der Waals surface area (Å²) >= 11 is 0. The van der Waals surface area contributed by atoms with Crippen LogP contribution in [0.15, 0.2) is 66.3 Å². The van der Waals surface area contributed by atoms with Gasteiger partial charge in [-0.05, 0) is 29.8 Å². The summed E-state index contributed by atoms with van der Waals surface area (Å²) in [5.74, 6) is -1.43. The van der Waals surface area contributed by atoms with Gasteiger partial charge in [-0.15, -0.1) is 6.58 Å². The number of benzene rings is 2. The van der Waals surface area contributed by atoms with Gasteiger partial charge in [0.1, 0.15) is 11.5 Å². The highest BCUT2D eigenvalue weighted by molar-refractivity contribution is 6.43. The largest absolute Gasteiger partial charge is 0.349 e. The molecule has 3 amide bonds. The van der Waals surface area contributed by atoms with Gasteiger partial charge in [-0.1, -0.05) is 30.3 Å². The number of carbonyl (C=O) groups excluding carboxylic acids is 3. The molecule has 1 heterocycles. The normalized spacial score (nSPS) is 13.4. The monoisotopic (exact) mass is 408 g/mol. The third-order valence-electron chi connectivity index (χ3n) is 4.44. The summed E-state index contributed by atoms with van der Waals surface area (Å²) in [6.07, 6.45) is 1.88. The molecule has 2 aromatic rings. The molecule has 0 spiro atoms. The molecule has 0 aromatic heterocycles. The molecular weight excluding hydrogens is 387 g/mol. The zero-order chi connectivity index (χ0) is 21.5. The van der Waals surface area contributed by atoms with Gasteiger partial charge in [0.25, 0.3) is 11.8 Å². The van der Waals surface area contributed by atoms with E-state index >= 15 is 0 Å². The van der Waals surface area contributed by atoms with E-state index in [-0.39, 0.29) is 42.7 Å². The van der Waals surface area contributed by atoms with Crippen LogP contribution in [-0.2, 0) is 16.1 Å². The first-order valence-electron chi connectivity index (χ1n) is 9.39. The summed E-state index contributed by atoms with van der Waals surface area (Å²) < 4.78 is 13.1. The van der Waals surface area contributed by atoms with Crippen LogP contribution in [0.1, 0.15) is 28.8 Å². The van der Waals surface area contributed by atoms with Crippen LogP contribution in [0.2, 0.25) is 0 Å². The predicted octanol–water partition coefficient (Wildman–Crippen LogP) is 2.86.